The summed E-state index contributed by atoms with van der Waals surface area (Å²) in [5.74, 6) is -0.0662. The number of aromatic nitrogens is 1. The van der Waals surface area contributed by atoms with Crippen LogP contribution in [0.3, 0.4) is 0 Å². The quantitative estimate of drug-likeness (QED) is 0.555. The molecule has 0 spiro atoms. The summed E-state index contributed by atoms with van der Waals surface area (Å²) in [6.45, 7) is 2.86. The number of nitro groups is 1. The number of amides is 1. The fourth-order valence-electron chi connectivity index (χ4n) is 3.49. The standard InChI is InChI=1S/C20H24N4O3/c1-22(20(25)13-16-6-4-8-18(12-16)24(26)27)19(15-23-10-2-3-11-23)17-7-5-9-21-14-17/h4-9,12,14,19H,2-3,10-11,13,15H2,1H3. The smallest absolute Gasteiger partial charge is 0.269 e. The monoisotopic (exact) mass is 368 g/mol. The minimum atomic E-state index is -0.441. The van der Waals surface area contributed by atoms with Gasteiger partial charge in [0.25, 0.3) is 5.69 Å². The van der Waals surface area contributed by atoms with E-state index in [0.717, 1.165) is 25.2 Å². The molecule has 1 unspecified atom stereocenters. The maximum atomic E-state index is 12.9. The Morgan fingerprint density at radius 3 is 2.74 bits per heavy atom. The Hall–Kier alpha value is -2.80. The number of likely N-dealkylation sites (N-methyl/N-ethyl adjacent to an activating group) is 1. The SMILES string of the molecule is CN(C(=O)Cc1cccc([N+](=O)[O-])c1)C(CN1CCCC1)c1cccnc1. The number of carbonyl (C=O) groups excluding carboxylic acids is 1. The molecule has 1 fully saturated rings. The van der Waals surface area contributed by atoms with Crippen molar-refractivity contribution in [1.29, 1.82) is 0 Å². The van der Waals surface area contributed by atoms with E-state index in [2.05, 4.69) is 9.88 Å². The van der Waals surface area contributed by atoms with Gasteiger partial charge in [0, 0.05) is 38.1 Å². The van der Waals surface area contributed by atoms with Gasteiger partial charge in [0.1, 0.15) is 0 Å². The molecule has 0 radical (unpaired) electrons. The van der Waals surface area contributed by atoms with Crippen molar-refractivity contribution < 1.29 is 9.72 Å². The highest BCUT2D eigenvalue weighted by atomic mass is 16.6. The molecule has 1 amide bonds. The molecule has 1 saturated heterocycles. The molecule has 0 aliphatic carbocycles. The lowest BCUT2D eigenvalue weighted by Gasteiger charge is -2.32. The molecule has 1 aromatic carbocycles. The van der Waals surface area contributed by atoms with Crippen LogP contribution < -0.4 is 0 Å². The average molecular weight is 368 g/mol. The summed E-state index contributed by atoms with van der Waals surface area (Å²) in [6, 6.07) is 10.0. The molecule has 2 aromatic rings. The number of hydrogen-bond acceptors (Lipinski definition) is 5. The number of hydrogen-bond donors (Lipinski definition) is 0. The topological polar surface area (TPSA) is 79.6 Å². The number of carbonyl (C=O) groups is 1. The van der Waals surface area contributed by atoms with Crippen molar-refractivity contribution >= 4 is 11.6 Å². The first-order valence-electron chi connectivity index (χ1n) is 9.16. The lowest BCUT2D eigenvalue weighted by molar-refractivity contribution is -0.384. The zero-order chi connectivity index (χ0) is 19.2. The summed E-state index contributed by atoms with van der Waals surface area (Å²) in [5.41, 5.74) is 1.65. The number of likely N-dealkylation sites (tertiary alicyclic amines) is 1. The summed E-state index contributed by atoms with van der Waals surface area (Å²) in [7, 11) is 1.80. The first-order valence-corrected chi connectivity index (χ1v) is 9.16. The fraction of sp³-hybridized carbons (Fsp3) is 0.400. The zero-order valence-corrected chi connectivity index (χ0v) is 15.5. The Morgan fingerprint density at radius 2 is 2.07 bits per heavy atom. The van der Waals surface area contributed by atoms with E-state index in [1.165, 1.54) is 25.0 Å². The van der Waals surface area contributed by atoms with Gasteiger partial charge in [-0.25, -0.2) is 0 Å². The van der Waals surface area contributed by atoms with Crippen LogP contribution in [0.1, 0.15) is 30.0 Å². The molecule has 7 heteroatoms. The number of nitro benzene ring substituents is 1. The summed E-state index contributed by atoms with van der Waals surface area (Å²) < 4.78 is 0. The zero-order valence-electron chi connectivity index (χ0n) is 15.5. The van der Waals surface area contributed by atoms with Gasteiger partial charge >= 0.3 is 0 Å². The summed E-state index contributed by atoms with van der Waals surface area (Å²) in [4.78, 5) is 31.7. The predicted octanol–water partition coefficient (Wildman–Crippen LogP) is 2.83. The normalized spacial score (nSPS) is 15.4. The Morgan fingerprint density at radius 1 is 1.30 bits per heavy atom. The first-order chi connectivity index (χ1) is 13.0. The van der Waals surface area contributed by atoms with Crippen LogP contribution in [0.15, 0.2) is 48.8 Å². The van der Waals surface area contributed by atoms with Crippen LogP contribution >= 0.6 is 0 Å². The number of nitrogens with zero attached hydrogens (tertiary/aromatic N) is 4. The molecule has 142 valence electrons. The predicted molar refractivity (Wildman–Crippen MR) is 102 cm³/mol. The Balaban J connectivity index is 1.76. The lowest BCUT2D eigenvalue weighted by atomic mass is 10.1. The van der Waals surface area contributed by atoms with Crippen LogP contribution in [-0.4, -0.2) is 52.3 Å². The summed E-state index contributed by atoms with van der Waals surface area (Å²) in [6.07, 6.45) is 6.03. The summed E-state index contributed by atoms with van der Waals surface area (Å²) >= 11 is 0. The lowest BCUT2D eigenvalue weighted by Crippen LogP contribution is -2.39. The van der Waals surface area contributed by atoms with E-state index in [-0.39, 0.29) is 24.1 Å². The van der Waals surface area contributed by atoms with Gasteiger partial charge in [-0.3, -0.25) is 19.9 Å². The van der Waals surface area contributed by atoms with E-state index in [1.54, 1.807) is 36.5 Å². The third kappa shape index (κ3) is 4.89. The van der Waals surface area contributed by atoms with Crippen molar-refractivity contribution in [2.24, 2.45) is 0 Å². The van der Waals surface area contributed by atoms with Gasteiger partial charge < -0.3 is 9.80 Å². The van der Waals surface area contributed by atoms with Crippen LogP contribution in [0.25, 0.3) is 0 Å². The average Bonchev–Trinajstić information content (AvgIpc) is 3.19. The summed E-state index contributed by atoms with van der Waals surface area (Å²) in [5, 5.41) is 11.0. The van der Waals surface area contributed by atoms with Crippen LogP contribution in [0.4, 0.5) is 5.69 Å². The van der Waals surface area contributed by atoms with Crippen LogP contribution in [0.5, 0.6) is 0 Å². The van der Waals surface area contributed by atoms with E-state index < -0.39 is 4.92 Å². The minimum Gasteiger partial charge on any atom is -0.337 e. The largest absolute Gasteiger partial charge is 0.337 e. The van der Waals surface area contributed by atoms with Gasteiger partial charge in [0.2, 0.25) is 5.91 Å². The number of benzene rings is 1. The third-order valence-electron chi connectivity index (χ3n) is 5.04. The van der Waals surface area contributed by atoms with Crippen molar-refractivity contribution in [3.8, 4) is 0 Å². The molecule has 27 heavy (non-hydrogen) atoms. The van der Waals surface area contributed by atoms with Gasteiger partial charge in [0.05, 0.1) is 17.4 Å². The molecule has 7 nitrogen and oxygen atoms in total. The highest BCUT2D eigenvalue weighted by Crippen LogP contribution is 2.23. The number of pyridine rings is 1. The van der Waals surface area contributed by atoms with Crippen LogP contribution in [0.2, 0.25) is 0 Å². The molecule has 2 heterocycles. The Kier molecular flexibility index (Phi) is 6.13. The molecule has 1 aromatic heterocycles. The molecule has 0 N–H and O–H groups in total. The van der Waals surface area contributed by atoms with Gasteiger partial charge in [-0.2, -0.15) is 0 Å². The minimum absolute atomic E-state index is 0.00355. The van der Waals surface area contributed by atoms with E-state index in [4.69, 9.17) is 0 Å². The van der Waals surface area contributed by atoms with Crippen LogP contribution in [-0.2, 0) is 11.2 Å². The molecular weight excluding hydrogens is 344 g/mol. The van der Waals surface area contributed by atoms with E-state index >= 15 is 0 Å². The second kappa shape index (κ2) is 8.73. The van der Waals surface area contributed by atoms with Crippen molar-refractivity contribution in [3.05, 3.63) is 70.0 Å². The molecule has 1 aliphatic heterocycles. The molecule has 3 rings (SSSR count). The molecular formula is C20H24N4O3. The van der Waals surface area contributed by atoms with E-state index in [1.807, 2.05) is 12.1 Å². The van der Waals surface area contributed by atoms with Gasteiger partial charge in [-0.05, 0) is 43.1 Å². The number of rotatable bonds is 7. The second-order valence-electron chi connectivity index (χ2n) is 6.92. The van der Waals surface area contributed by atoms with Crippen molar-refractivity contribution in [2.45, 2.75) is 25.3 Å². The first kappa shape index (κ1) is 19.0. The van der Waals surface area contributed by atoms with Gasteiger partial charge in [0.15, 0.2) is 0 Å². The highest BCUT2D eigenvalue weighted by Gasteiger charge is 2.26. The third-order valence-corrected chi connectivity index (χ3v) is 5.04. The number of non-ortho nitro benzene ring substituents is 1. The highest BCUT2D eigenvalue weighted by molar-refractivity contribution is 5.79. The van der Waals surface area contributed by atoms with Gasteiger partial charge in [-0.1, -0.05) is 18.2 Å². The van der Waals surface area contributed by atoms with Crippen molar-refractivity contribution in [1.82, 2.24) is 14.8 Å². The van der Waals surface area contributed by atoms with E-state index in [0.29, 0.717) is 5.56 Å². The Labute approximate surface area is 158 Å². The second-order valence-corrected chi connectivity index (χ2v) is 6.92. The van der Waals surface area contributed by atoms with E-state index in [9.17, 15) is 14.9 Å². The van der Waals surface area contributed by atoms with Crippen LogP contribution in [0, 0.1) is 10.1 Å². The molecule has 1 aliphatic rings. The van der Waals surface area contributed by atoms with Crippen molar-refractivity contribution in [3.63, 3.8) is 0 Å². The Bertz CT molecular complexity index is 791. The fourth-order valence-corrected chi connectivity index (χ4v) is 3.49. The molecule has 0 saturated carbocycles. The van der Waals surface area contributed by atoms with Gasteiger partial charge in [-0.15, -0.1) is 0 Å². The molecule has 0 bridgehead atoms. The maximum absolute atomic E-state index is 12.9. The van der Waals surface area contributed by atoms with Crippen molar-refractivity contribution in [2.75, 3.05) is 26.7 Å². The molecule has 1 atom stereocenters. The maximum Gasteiger partial charge on any atom is 0.269 e.